The Labute approximate surface area is 137 Å². The first kappa shape index (κ1) is 16.3. The normalized spacial score (nSPS) is 11.8. The lowest BCUT2D eigenvalue weighted by Crippen LogP contribution is -2.11. The number of sulfone groups is 1. The van der Waals surface area contributed by atoms with Crippen LogP contribution in [0.5, 0.6) is 0 Å². The summed E-state index contributed by atoms with van der Waals surface area (Å²) in [6, 6.07) is 4.61. The maximum atomic E-state index is 12.6. The first-order valence-corrected chi connectivity index (χ1v) is 9.08. The van der Waals surface area contributed by atoms with E-state index in [0.29, 0.717) is 33.1 Å². The lowest BCUT2D eigenvalue weighted by Gasteiger charge is -2.09. The molecule has 0 radical (unpaired) electrons. The highest BCUT2D eigenvalue weighted by atomic mass is 79.9. The summed E-state index contributed by atoms with van der Waals surface area (Å²) < 4.78 is 27.2. The van der Waals surface area contributed by atoms with Gasteiger partial charge in [-0.1, -0.05) is 11.6 Å². The first-order chi connectivity index (χ1) is 9.76. The third kappa shape index (κ3) is 3.25. The van der Waals surface area contributed by atoms with Gasteiger partial charge in [-0.25, -0.2) is 8.42 Å². The molecule has 1 aromatic heterocycles. The predicted octanol–water partition coefficient (Wildman–Crippen LogP) is 3.18. The average Bonchev–Trinajstić information content (AvgIpc) is 2.65. The molecule has 0 aliphatic carbocycles. The van der Waals surface area contributed by atoms with Crippen LogP contribution in [0.2, 0.25) is 5.02 Å². The highest BCUT2D eigenvalue weighted by Gasteiger charge is 2.24. The van der Waals surface area contributed by atoms with Gasteiger partial charge in [0, 0.05) is 16.7 Å². The Balaban J connectivity index is 2.47. The number of benzene rings is 1. The second kappa shape index (κ2) is 5.98. The highest BCUT2D eigenvalue weighted by Crippen LogP contribution is 2.29. The number of anilines is 1. The molecule has 0 bridgehead atoms. The lowest BCUT2D eigenvalue weighted by atomic mass is 10.3. The zero-order valence-corrected chi connectivity index (χ0v) is 14.8. The summed E-state index contributed by atoms with van der Waals surface area (Å²) in [4.78, 5) is 0.189. The Morgan fingerprint density at radius 3 is 2.67 bits per heavy atom. The van der Waals surface area contributed by atoms with Crippen molar-refractivity contribution in [1.29, 1.82) is 0 Å². The molecular formula is C13H15BrClN3O2S. The Hall–Kier alpha value is -1.05. The predicted molar refractivity (Wildman–Crippen MR) is 87.1 cm³/mol. The fourth-order valence-electron chi connectivity index (χ4n) is 2.03. The van der Waals surface area contributed by atoms with E-state index in [4.69, 9.17) is 17.3 Å². The maximum absolute atomic E-state index is 12.6. The van der Waals surface area contributed by atoms with E-state index in [1.165, 1.54) is 6.07 Å². The fourth-order valence-corrected chi connectivity index (χ4v) is 4.89. The topological polar surface area (TPSA) is 78.0 Å². The molecule has 0 saturated heterocycles. The van der Waals surface area contributed by atoms with E-state index in [1.54, 1.807) is 23.7 Å². The maximum Gasteiger partial charge on any atom is 0.185 e. The summed E-state index contributed by atoms with van der Waals surface area (Å²) in [5, 5.41) is 4.63. The van der Waals surface area contributed by atoms with E-state index in [-0.39, 0.29) is 10.6 Å². The van der Waals surface area contributed by atoms with Crippen LogP contribution in [-0.2, 0) is 22.1 Å². The van der Waals surface area contributed by atoms with Gasteiger partial charge in [-0.05, 0) is 48.0 Å². The van der Waals surface area contributed by atoms with Crippen molar-refractivity contribution in [1.82, 2.24) is 9.78 Å². The molecule has 0 atom stereocenters. The van der Waals surface area contributed by atoms with Gasteiger partial charge < -0.3 is 5.73 Å². The Morgan fingerprint density at radius 2 is 2.10 bits per heavy atom. The molecule has 8 heteroatoms. The molecule has 2 aromatic rings. The van der Waals surface area contributed by atoms with E-state index < -0.39 is 9.84 Å². The van der Waals surface area contributed by atoms with Gasteiger partial charge in [-0.2, -0.15) is 5.10 Å². The van der Waals surface area contributed by atoms with Crippen molar-refractivity contribution in [3.8, 4) is 0 Å². The molecular weight excluding hydrogens is 378 g/mol. The zero-order valence-electron chi connectivity index (χ0n) is 11.6. The third-order valence-corrected chi connectivity index (χ3v) is 6.16. The molecule has 114 valence electrons. The number of rotatable bonds is 4. The van der Waals surface area contributed by atoms with Crippen molar-refractivity contribution >= 4 is 43.1 Å². The van der Waals surface area contributed by atoms with E-state index in [1.807, 2.05) is 6.92 Å². The number of nitrogen functional groups attached to an aromatic ring is 1. The van der Waals surface area contributed by atoms with E-state index in [0.717, 1.165) is 0 Å². The molecule has 5 nitrogen and oxygen atoms in total. The summed E-state index contributed by atoms with van der Waals surface area (Å²) in [5.74, 6) is -0.205. The van der Waals surface area contributed by atoms with Gasteiger partial charge in [0.05, 0.1) is 27.1 Å². The third-order valence-electron chi connectivity index (χ3n) is 3.07. The van der Waals surface area contributed by atoms with Crippen molar-refractivity contribution in [2.45, 2.75) is 31.0 Å². The molecule has 2 rings (SSSR count). The second-order valence-corrected chi connectivity index (χ2v) is 7.80. The van der Waals surface area contributed by atoms with Crippen molar-refractivity contribution in [2.24, 2.45) is 0 Å². The number of nitrogens with zero attached hydrogens (tertiary/aromatic N) is 2. The molecule has 0 unspecified atom stereocenters. The van der Waals surface area contributed by atoms with Crippen LogP contribution in [0, 0.1) is 6.92 Å². The Bertz CT molecular complexity index is 787. The number of hydrogen-bond acceptors (Lipinski definition) is 4. The van der Waals surface area contributed by atoms with Crippen LogP contribution in [0.25, 0.3) is 0 Å². The van der Waals surface area contributed by atoms with Gasteiger partial charge >= 0.3 is 0 Å². The largest absolute Gasteiger partial charge is 0.399 e. The van der Waals surface area contributed by atoms with Gasteiger partial charge in [0.15, 0.2) is 9.84 Å². The van der Waals surface area contributed by atoms with Gasteiger partial charge in [0.2, 0.25) is 0 Å². The van der Waals surface area contributed by atoms with Crippen LogP contribution in [0.4, 0.5) is 5.69 Å². The summed E-state index contributed by atoms with van der Waals surface area (Å²) in [7, 11) is -3.55. The van der Waals surface area contributed by atoms with Crippen molar-refractivity contribution in [3.63, 3.8) is 0 Å². The Kier molecular flexibility index (Phi) is 4.65. The summed E-state index contributed by atoms with van der Waals surface area (Å²) in [6.45, 7) is 4.20. The lowest BCUT2D eigenvalue weighted by molar-refractivity contribution is 0.585. The molecule has 1 heterocycles. The minimum Gasteiger partial charge on any atom is -0.399 e. The van der Waals surface area contributed by atoms with Crippen LogP contribution < -0.4 is 5.73 Å². The SMILES string of the molecule is CCn1nc(C)c(Cl)c1CS(=O)(=O)c1ccc(N)cc1Br. The quantitative estimate of drug-likeness (QED) is 0.811. The number of aromatic nitrogens is 2. The van der Waals surface area contributed by atoms with Crippen LogP contribution in [0.3, 0.4) is 0 Å². The van der Waals surface area contributed by atoms with Crippen LogP contribution in [-0.4, -0.2) is 18.2 Å². The van der Waals surface area contributed by atoms with Gasteiger partial charge in [-0.15, -0.1) is 0 Å². The number of nitrogens with two attached hydrogens (primary N) is 1. The summed E-state index contributed by atoms with van der Waals surface area (Å²) >= 11 is 9.41. The van der Waals surface area contributed by atoms with Crippen molar-refractivity contribution in [3.05, 3.63) is 39.1 Å². The van der Waals surface area contributed by atoms with Gasteiger partial charge in [-0.3, -0.25) is 4.68 Å². The number of aryl methyl sites for hydroxylation is 2. The molecule has 0 spiro atoms. The van der Waals surface area contributed by atoms with E-state index in [9.17, 15) is 8.42 Å². The van der Waals surface area contributed by atoms with Gasteiger partial charge in [0.1, 0.15) is 0 Å². The van der Waals surface area contributed by atoms with Crippen LogP contribution >= 0.6 is 27.5 Å². The van der Waals surface area contributed by atoms with Crippen molar-refractivity contribution in [2.75, 3.05) is 5.73 Å². The second-order valence-electron chi connectivity index (χ2n) is 4.61. The number of halogens is 2. The summed E-state index contributed by atoms with van der Waals surface area (Å²) in [6.07, 6.45) is 0. The van der Waals surface area contributed by atoms with Crippen LogP contribution in [0.15, 0.2) is 27.6 Å². The minimum atomic E-state index is -3.55. The fraction of sp³-hybridized carbons (Fsp3) is 0.308. The van der Waals surface area contributed by atoms with Crippen molar-refractivity contribution < 1.29 is 8.42 Å². The number of hydrogen-bond donors (Lipinski definition) is 1. The average molecular weight is 393 g/mol. The molecule has 0 saturated carbocycles. The molecule has 0 aliphatic heterocycles. The minimum absolute atomic E-state index is 0.189. The molecule has 1 aromatic carbocycles. The Morgan fingerprint density at radius 1 is 1.43 bits per heavy atom. The standard InChI is InChI=1S/C13H15BrClN3O2S/c1-3-18-11(13(15)8(2)17-18)7-21(19,20)12-5-4-9(16)6-10(12)14/h4-6H,3,7,16H2,1-2H3. The van der Waals surface area contributed by atoms with E-state index in [2.05, 4.69) is 21.0 Å². The van der Waals surface area contributed by atoms with E-state index >= 15 is 0 Å². The zero-order chi connectivity index (χ0) is 15.8. The first-order valence-electron chi connectivity index (χ1n) is 6.25. The molecule has 0 aliphatic rings. The molecule has 21 heavy (non-hydrogen) atoms. The molecule has 0 amide bonds. The smallest absolute Gasteiger partial charge is 0.185 e. The van der Waals surface area contributed by atoms with Crippen LogP contribution in [0.1, 0.15) is 18.3 Å². The van der Waals surface area contributed by atoms with Gasteiger partial charge in [0.25, 0.3) is 0 Å². The highest BCUT2D eigenvalue weighted by molar-refractivity contribution is 9.10. The monoisotopic (exact) mass is 391 g/mol. The molecule has 2 N–H and O–H groups in total. The summed E-state index contributed by atoms with van der Waals surface area (Å²) in [5.41, 5.74) is 7.26. The molecule has 0 fully saturated rings.